The molecule has 0 aliphatic carbocycles. The molecule has 3 aromatic carbocycles. The number of aromatic nitrogens is 1. The first-order valence-electron chi connectivity index (χ1n) is 9.96. The van der Waals surface area contributed by atoms with E-state index in [4.69, 9.17) is 0 Å². The summed E-state index contributed by atoms with van der Waals surface area (Å²) < 4.78 is 13.3. The number of carbonyl (C=O) groups is 2. The second kappa shape index (κ2) is 9.53. The molecule has 0 atom stereocenters. The molecule has 2 amide bonds. The number of rotatable bonds is 6. The molecule has 0 saturated heterocycles. The molecule has 160 valence electrons. The molecule has 32 heavy (non-hydrogen) atoms. The zero-order chi connectivity index (χ0) is 22.5. The van der Waals surface area contributed by atoms with Gasteiger partial charge in [0.25, 0.3) is 11.8 Å². The summed E-state index contributed by atoms with van der Waals surface area (Å²) >= 11 is 1.36. The van der Waals surface area contributed by atoms with Crippen molar-refractivity contribution in [1.29, 1.82) is 0 Å². The minimum Gasteiger partial charge on any atom is -0.322 e. The standard InChI is InChI=1S/C25H20FN3O2S/c1-16-23(32-22(27-16)13-17-7-3-2-4-8-17)25(31)29-20-11-5-9-18(14-20)24(30)28-21-12-6-10-19(26)15-21/h2-12,14-15H,13H2,1H3,(H,28,30)(H,29,31). The van der Waals surface area contributed by atoms with Gasteiger partial charge in [-0.25, -0.2) is 9.37 Å². The van der Waals surface area contributed by atoms with E-state index in [1.807, 2.05) is 37.3 Å². The summed E-state index contributed by atoms with van der Waals surface area (Å²) in [6.07, 6.45) is 0.662. The number of nitrogens with zero attached hydrogens (tertiary/aromatic N) is 1. The van der Waals surface area contributed by atoms with Gasteiger partial charge < -0.3 is 10.6 Å². The Morgan fingerprint density at radius 2 is 1.56 bits per heavy atom. The second-order valence-electron chi connectivity index (χ2n) is 7.18. The van der Waals surface area contributed by atoms with Gasteiger partial charge in [0.05, 0.1) is 10.7 Å². The van der Waals surface area contributed by atoms with Crippen molar-refractivity contribution in [2.24, 2.45) is 0 Å². The van der Waals surface area contributed by atoms with Gasteiger partial charge in [0.15, 0.2) is 0 Å². The molecular formula is C25H20FN3O2S. The SMILES string of the molecule is Cc1nc(Cc2ccccc2)sc1C(=O)Nc1cccc(C(=O)Nc2cccc(F)c2)c1. The van der Waals surface area contributed by atoms with Gasteiger partial charge in [0.1, 0.15) is 10.7 Å². The van der Waals surface area contributed by atoms with Crippen LogP contribution in [0.3, 0.4) is 0 Å². The number of thiazole rings is 1. The molecule has 0 spiro atoms. The molecule has 0 aliphatic heterocycles. The topological polar surface area (TPSA) is 71.1 Å². The van der Waals surface area contributed by atoms with Crippen molar-refractivity contribution in [3.8, 4) is 0 Å². The molecule has 5 nitrogen and oxygen atoms in total. The number of hydrogen-bond donors (Lipinski definition) is 2. The van der Waals surface area contributed by atoms with Crippen LogP contribution in [0.15, 0.2) is 78.9 Å². The summed E-state index contributed by atoms with van der Waals surface area (Å²) in [5.41, 5.74) is 2.98. The molecule has 0 aliphatic rings. The number of nitrogens with one attached hydrogen (secondary N) is 2. The molecule has 0 saturated carbocycles. The van der Waals surface area contributed by atoms with E-state index >= 15 is 0 Å². The number of aryl methyl sites for hydroxylation is 1. The van der Waals surface area contributed by atoms with Crippen LogP contribution in [0.2, 0.25) is 0 Å². The van der Waals surface area contributed by atoms with Gasteiger partial charge in [-0.3, -0.25) is 9.59 Å². The lowest BCUT2D eigenvalue weighted by molar-refractivity contribution is 0.101. The van der Waals surface area contributed by atoms with E-state index in [9.17, 15) is 14.0 Å². The van der Waals surface area contributed by atoms with Gasteiger partial charge in [0, 0.05) is 23.4 Å². The Kier molecular flexibility index (Phi) is 6.37. The molecular weight excluding hydrogens is 425 g/mol. The molecule has 0 unspecified atom stereocenters. The maximum absolute atomic E-state index is 13.3. The third-order valence-electron chi connectivity index (χ3n) is 4.71. The number of carbonyl (C=O) groups excluding carboxylic acids is 2. The number of amides is 2. The third kappa shape index (κ3) is 5.25. The molecule has 4 rings (SSSR count). The molecule has 7 heteroatoms. The fraction of sp³-hybridized carbons (Fsp3) is 0.0800. The predicted molar refractivity (Wildman–Crippen MR) is 125 cm³/mol. The van der Waals surface area contributed by atoms with Crippen molar-refractivity contribution in [2.75, 3.05) is 10.6 Å². The first kappa shape index (κ1) is 21.4. The fourth-order valence-corrected chi connectivity index (χ4v) is 4.20. The Balaban J connectivity index is 1.45. The van der Waals surface area contributed by atoms with Gasteiger partial charge in [0.2, 0.25) is 0 Å². The zero-order valence-corrected chi connectivity index (χ0v) is 18.1. The van der Waals surface area contributed by atoms with Gasteiger partial charge in [-0.15, -0.1) is 11.3 Å². The number of anilines is 2. The van der Waals surface area contributed by atoms with Crippen molar-refractivity contribution >= 4 is 34.5 Å². The van der Waals surface area contributed by atoms with Crippen LogP contribution in [0.4, 0.5) is 15.8 Å². The summed E-state index contributed by atoms with van der Waals surface area (Å²) in [4.78, 5) is 30.4. The Morgan fingerprint density at radius 3 is 2.31 bits per heavy atom. The fourth-order valence-electron chi connectivity index (χ4n) is 3.20. The maximum Gasteiger partial charge on any atom is 0.267 e. The Hall–Kier alpha value is -3.84. The average Bonchev–Trinajstić information content (AvgIpc) is 3.14. The summed E-state index contributed by atoms with van der Waals surface area (Å²) in [6.45, 7) is 1.81. The highest BCUT2D eigenvalue weighted by atomic mass is 32.1. The van der Waals surface area contributed by atoms with Crippen LogP contribution in [-0.2, 0) is 6.42 Å². The van der Waals surface area contributed by atoms with Crippen molar-refractivity contribution in [1.82, 2.24) is 4.98 Å². The maximum atomic E-state index is 13.3. The summed E-state index contributed by atoms with van der Waals surface area (Å²) in [6, 6.07) is 22.2. The highest BCUT2D eigenvalue weighted by Crippen LogP contribution is 2.23. The molecule has 0 bridgehead atoms. The lowest BCUT2D eigenvalue weighted by Gasteiger charge is -2.08. The van der Waals surface area contributed by atoms with Gasteiger partial charge >= 0.3 is 0 Å². The van der Waals surface area contributed by atoms with E-state index in [0.717, 1.165) is 10.6 Å². The minimum absolute atomic E-state index is 0.276. The van der Waals surface area contributed by atoms with Gasteiger partial charge in [-0.05, 0) is 48.9 Å². The van der Waals surface area contributed by atoms with E-state index in [1.165, 1.54) is 29.5 Å². The molecule has 0 fully saturated rings. The normalized spacial score (nSPS) is 10.6. The predicted octanol–water partition coefficient (Wildman–Crippen LogP) is 5.69. The van der Waals surface area contributed by atoms with Crippen LogP contribution < -0.4 is 10.6 Å². The number of hydrogen-bond acceptors (Lipinski definition) is 4. The highest BCUT2D eigenvalue weighted by Gasteiger charge is 2.16. The van der Waals surface area contributed by atoms with Crippen LogP contribution in [0.1, 0.15) is 36.3 Å². The van der Waals surface area contributed by atoms with Gasteiger partial charge in [-0.2, -0.15) is 0 Å². The van der Waals surface area contributed by atoms with E-state index in [1.54, 1.807) is 30.3 Å². The lowest BCUT2D eigenvalue weighted by atomic mass is 10.1. The first-order valence-corrected chi connectivity index (χ1v) is 10.8. The summed E-state index contributed by atoms with van der Waals surface area (Å²) in [5, 5.41) is 6.35. The van der Waals surface area contributed by atoms with Crippen molar-refractivity contribution in [3.05, 3.63) is 111 Å². The highest BCUT2D eigenvalue weighted by molar-refractivity contribution is 7.14. The Bertz CT molecular complexity index is 1270. The van der Waals surface area contributed by atoms with Crippen molar-refractivity contribution in [3.63, 3.8) is 0 Å². The largest absolute Gasteiger partial charge is 0.322 e. The molecule has 4 aromatic rings. The van der Waals surface area contributed by atoms with E-state index in [2.05, 4.69) is 15.6 Å². The number of benzene rings is 3. The van der Waals surface area contributed by atoms with Crippen LogP contribution in [0.25, 0.3) is 0 Å². The zero-order valence-electron chi connectivity index (χ0n) is 17.3. The molecule has 2 N–H and O–H groups in total. The van der Waals surface area contributed by atoms with Crippen molar-refractivity contribution < 1.29 is 14.0 Å². The molecule has 1 aromatic heterocycles. The van der Waals surface area contributed by atoms with Crippen LogP contribution in [0.5, 0.6) is 0 Å². The van der Waals surface area contributed by atoms with Crippen LogP contribution in [0, 0.1) is 12.7 Å². The van der Waals surface area contributed by atoms with Crippen LogP contribution in [-0.4, -0.2) is 16.8 Å². The quantitative estimate of drug-likeness (QED) is 0.401. The molecule has 0 radical (unpaired) electrons. The van der Waals surface area contributed by atoms with E-state index in [-0.39, 0.29) is 5.91 Å². The second-order valence-corrected chi connectivity index (χ2v) is 8.27. The summed E-state index contributed by atoms with van der Waals surface area (Å²) in [7, 11) is 0. The van der Waals surface area contributed by atoms with Crippen LogP contribution >= 0.6 is 11.3 Å². The number of halogens is 1. The van der Waals surface area contributed by atoms with E-state index < -0.39 is 11.7 Å². The summed E-state index contributed by atoms with van der Waals surface area (Å²) in [5.74, 6) is -1.11. The lowest BCUT2D eigenvalue weighted by Crippen LogP contribution is -2.14. The first-order chi connectivity index (χ1) is 15.5. The minimum atomic E-state index is -0.435. The molecule has 1 heterocycles. The average molecular weight is 446 g/mol. The Morgan fingerprint density at radius 1 is 0.875 bits per heavy atom. The Labute approximate surface area is 189 Å². The monoisotopic (exact) mass is 445 g/mol. The third-order valence-corrected chi connectivity index (χ3v) is 5.87. The van der Waals surface area contributed by atoms with E-state index in [0.29, 0.717) is 33.9 Å². The smallest absolute Gasteiger partial charge is 0.267 e. The van der Waals surface area contributed by atoms with Crippen molar-refractivity contribution in [2.45, 2.75) is 13.3 Å². The van der Waals surface area contributed by atoms with Gasteiger partial charge in [-0.1, -0.05) is 42.5 Å².